The Morgan fingerprint density at radius 3 is 2.46 bits per heavy atom. The number of halogens is 1. The normalized spacial score (nSPS) is 11.9. The second kappa shape index (κ2) is 9.90. The van der Waals surface area contributed by atoms with Crippen molar-refractivity contribution in [2.75, 3.05) is 5.32 Å². The average Bonchev–Trinajstić information content (AvgIpc) is 3.50. The standard InChI is InChI=1S/C27H23FN6O2S/c1-16-14-17(2)33(31-16)24-12-13-25(35)34(32-24)18(3)26(36)29-22-11-7-5-9-20(22)23-15-37-27(30-23)19-8-4-6-10-21(19)28/h4-15,18H,1-3H3,(H,29,36). The number of carbonyl (C=O) groups excluding carboxylic acids is 1. The molecule has 1 unspecified atom stereocenters. The number of rotatable bonds is 6. The van der Waals surface area contributed by atoms with Crippen LogP contribution in [0.15, 0.2) is 76.9 Å². The predicted octanol–water partition coefficient (Wildman–Crippen LogP) is 5.18. The van der Waals surface area contributed by atoms with E-state index < -0.39 is 17.5 Å². The summed E-state index contributed by atoms with van der Waals surface area (Å²) < 4.78 is 17.0. The van der Waals surface area contributed by atoms with Crippen molar-refractivity contribution < 1.29 is 9.18 Å². The van der Waals surface area contributed by atoms with Gasteiger partial charge in [-0.25, -0.2) is 18.7 Å². The highest BCUT2D eigenvalue weighted by Crippen LogP contribution is 2.33. The van der Waals surface area contributed by atoms with Gasteiger partial charge in [0.2, 0.25) is 5.91 Å². The van der Waals surface area contributed by atoms with Gasteiger partial charge in [0.15, 0.2) is 5.82 Å². The van der Waals surface area contributed by atoms with Gasteiger partial charge in [0.25, 0.3) is 5.56 Å². The van der Waals surface area contributed by atoms with E-state index in [9.17, 15) is 14.0 Å². The molecule has 186 valence electrons. The van der Waals surface area contributed by atoms with Gasteiger partial charge in [-0.15, -0.1) is 16.4 Å². The molecule has 0 spiro atoms. The smallest absolute Gasteiger partial charge is 0.267 e. The first-order valence-corrected chi connectivity index (χ1v) is 12.4. The number of thiazole rings is 1. The number of nitrogens with one attached hydrogen (secondary N) is 1. The molecule has 3 aromatic heterocycles. The zero-order chi connectivity index (χ0) is 26.1. The van der Waals surface area contributed by atoms with Crippen molar-refractivity contribution in [1.29, 1.82) is 0 Å². The fourth-order valence-corrected chi connectivity index (χ4v) is 4.83. The van der Waals surface area contributed by atoms with Gasteiger partial charge in [-0.3, -0.25) is 9.59 Å². The monoisotopic (exact) mass is 514 g/mol. The Morgan fingerprint density at radius 1 is 1.00 bits per heavy atom. The van der Waals surface area contributed by atoms with Crippen molar-refractivity contribution in [1.82, 2.24) is 24.5 Å². The Hall–Kier alpha value is -4.44. The third-order valence-corrected chi connectivity index (χ3v) is 6.73. The molecule has 0 aliphatic carbocycles. The number of hydrogen-bond acceptors (Lipinski definition) is 6. The van der Waals surface area contributed by atoms with E-state index in [0.29, 0.717) is 33.3 Å². The van der Waals surface area contributed by atoms with Crippen LogP contribution in [0.1, 0.15) is 24.4 Å². The van der Waals surface area contributed by atoms with Gasteiger partial charge in [-0.1, -0.05) is 30.3 Å². The van der Waals surface area contributed by atoms with Crippen molar-refractivity contribution >= 4 is 22.9 Å². The van der Waals surface area contributed by atoms with Crippen molar-refractivity contribution in [3.63, 3.8) is 0 Å². The van der Waals surface area contributed by atoms with E-state index in [1.807, 2.05) is 37.4 Å². The van der Waals surface area contributed by atoms with Crippen LogP contribution in [-0.2, 0) is 4.79 Å². The number of para-hydroxylation sites is 1. The van der Waals surface area contributed by atoms with Crippen LogP contribution < -0.4 is 10.9 Å². The van der Waals surface area contributed by atoms with Gasteiger partial charge in [0, 0.05) is 28.3 Å². The quantitative estimate of drug-likeness (QED) is 0.337. The maximum Gasteiger partial charge on any atom is 0.267 e. The van der Waals surface area contributed by atoms with Crippen LogP contribution in [0.3, 0.4) is 0 Å². The molecule has 1 amide bonds. The van der Waals surface area contributed by atoms with E-state index in [1.165, 1.54) is 23.5 Å². The molecule has 10 heteroatoms. The van der Waals surface area contributed by atoms with Crippen LogP contribution in [0, 0.1) is 19.7 Å². The first-order valence-electron chi connectivity index (χ1n) is 11.6. The maximum atomic E-state index is 14.3. The zero-order valence-corrected chi connectivity index (χ0v) is 21.2. The number of hydrogen-bond donors (Lipinski definition) is 1. The molecule has 0 fully saturated rings. The Kier molecular flexibility index (Phi) is 6.49. The summed E-state index contributed by atoms with van der Waals surface area (Å²) in [5, 5.41) is 14.1. The maximum absolute atomic E-state index is 14.3. The molecule has 8 nitrogen and oxygen atoms in total. The van der Waals surface area contributed by atoms with E-state index in [0.717, 1.165) is 16.1 Å². The van der Waals surface area contributed by atoms with E-state index >= 15 is 0 Å². The molecule has 5 rings (SSSR count). The number of anilines is 1. The number of aromatic nitrogens is 5. The topological polar surface area (TPSA) is 94.7 Å². The minimum atomic E-state index is -0.901. The second-order valence-electron chi connectivity index (χ2n) is 8.54. The predicted molar refractivity (Wildman–Crippen MR) is 141 cm³/mol. The summed E-state index contributed by atoms with van der Waals surface area (Å²) >= 11 is 1.32. The molecule has 2 aromatic carbocycles. The summed E-state index contributed by atoms with van der Waals surface area (Å²) in [6, 6.07) is 17.6. The van der Waals surface area contributed by atoms with Gasteiger partial charge in [0.05, 0.1) is 17.1 Å². The number of nitrogens with zero attached hydrogens (tertiary/aromatic N) is 5. The van der Waals surface area contributed by atoms with Gasteiger partial charge >= 0.3 is 0 Å². The molecule has 0 saturated heterocycles. The van der Waals surface area contributed by atoms with E-state index in [4.69, 9.17) is 0 Å². The summed E-state index contributed by atoms with van der Waals surface area (Å²) in [6.45, 7) is 5.37. The molecule has 0 aliphatic rings. The van der Waals surface area contributed by atoms with Crippen molar-refractivity contribution in [3.8, 4) is 27.6 Å². The molecule has 0 radical (unpaired) electrons. The molecule has 0 saturated carbocycles. The highest BCUT2D eigenvalue weighted by Gasteiger charge is 2.21. The Bertz CT molecular complexity index is 1670. The lowest BCUT2D eigenvalue weighted by atomic mass is 10.1. The third kappa shape index (κ3) is 4.83. The zero-order valence-electron chi connectivity index (χ0n) is 20.3. The van der Waals surface area contributed by atoms with Gasteiger partial charge < -0.3 is 5.32 Å². The summed E-state index contributed by atoms with van der Waals surface area (Å²) in [6.07, 6.45) is 0. The molecule has 5 aromatic rings. The van der Waals surface area contributed by atoms with Crippen molar-refractivity contribution in [3.05, 3.63) is 99.7 Å². The Balaban J connectivity index is 1.42. The van der Waals surface area contributed by atoms with Crippen LogP contribution in [0.4, 0.5) is 10.1 Å². The summed E-state index contributed by atoms with van der Waals surface area (Å²) in [7, 11) is 0. The van der Waals surface area contributed by atoms with Gasteiger partial charge in [0.1, 0.15) is 16.9 Å². The second-order valence-corrected chi connectivity index (χ2v) is 9.40. The van der Waals surface area contributed by atoms with Crippen LogP contribution in [0.2, 0.25) is 0 Å². The van der Waals surface area contributed by atoms with Crippen molar-refractivity contribution in [2.24, 2.45) is 0 Å². The molecule has 0 aliphatic heterocycles. The molecular formula is C27H23FN6O2S. The van der Waals surface area contributed by atoms with Crippen molar-refractivity contribution in [2.45, 2.75) is 26.8 Å². The lowest BCUT2D eigenvalue weighted by Gasteiger charge is -2.16. The molecular weight excluding hydrogens is 491 g/mol. The van der Waals surface area contributed by atoms with Gasteiger partial charge in [-0.2, -0.15) is 5.10 Å². The lowest BCUT2D eigenvalue weighted by Crippen LogP contribution is -2.33. The van der Waals surface area contributed by atoms with Crippen LogP contribution in [-0.4, -0.2) is 30.5 Å². The van der Waals surface area contributed by atoms with E-state index in [2.05, 4.69) is 20.5 Å². The third-order valence-electron chi connectivity index (χ3n) is 5.85. The van der Waals surface area contributed by atoms with Crippen LogP contribution >= 0.6 is 11.3 Å². The fourth-order valence-electron chi connectivity index (χ4n) is 3.99. The highest BCUT2D eigenvalue weighted by molar-refractivity contribution is 7.13. The Morgan fingerprint density at radius 2 is 1.73 bits per heavy atom. The first-order chi connectivity index (χ1) is 17.8. The summed E-state index contributed by atoms with van der Waals surface area (Å²) in [5.74, 6) is -0.329. The first kappa shape index (κ1) is 24.3. The molecule has 0 bridgehead atoms. The molecule has 37 heavy (non-hydrogen) atoms. The highest BCUT2D eigenvalue weighted by atomic mass is 32.1. The minimum Gasteiger partial charge on any atom is -0.324 e. The fraction of sp³-hybridized carbons (Fsp3) is 0.148. The summed E-state index contributed by atoms with van der Waals surface area (Å²) in [4.78, 5) is 30.4. The largest absolute Gasteiger partial charge is 0.324 e. The SMILES string of the molecule is Cc1cc(C)n(-c2ccc(=O)n(C(C)C(=O)Nc3ccccc3-c3csc(-c4ccccc4F)n3)n2)n1. The van der Waals surface area contributed by atoms with E-state index in [-0.39, 0.29) is 5.82 Å². The van der Waals surface area contributed by atoms with E-state index in [1.54, 1.807) is 48.0 Å². The molecule has 1 N–H and O–H groups in total. The number of amides is 1. The number of benzene rings is 2. The molecule has 3 heterocycles. The Labute approximate surface area is 216 Å². The summed E-state index contributed by atoms with van der Waals surface area (Å²) in [5.41, 5.74) is 3.50. The number of carbonyl (C=O) groups is 1. The number of aryl methyl sites for hydroxylation is 2. The average molecular weight is 515 g/mol. The lowest BCUT2D eigenvalue weighted by molar-refractivity contribution is -0.119. The van der Waals surface area contributed by atoms with Crippen LogP contribution in [0.25, 0.3) is 27.6 Å². The van der Waals surface area contributed by atoms with Gasteiger partial charge in [-0.05, 0) is 51.1 Å². The minimum absolute atomic E-state index is 0.348. The molecule has 1 atom stereocenters. The van der Waals surface area contributed by atoms with Crippen LogP contribution in [0.5, 0.6) is 0 Å².